The van der Waals surface area contributed by atoms with Crippen LogP contribution >= 0.6 is 0 Å². The van der Waals surface area contributed by atoms with E-state index in [0.29, 0.717) is 17.5 Å². The van der Waals surface area contributed by atoms with Gasteiger partial charge in [-0.15, -0.1) is 0 Å². The van der Waals surface area contributed by atoms with E-state index in [1.165, 1.54) is 6.20 Å². The number of hydrogen-bond donors (Lipinski definition) is 1. The first-order valence-corrected chi connectivity index (χ1v) is 4.51. The van der Waals surface area contributed by atoms with Crippen LogP contribution in [-0.2, 0) is 0 Å². The fourth-order valence-corrected chi connectivity index (χ4v) is 1.38. The smallest absolute Gasteiger partial charge is 0.168 e. The summed E-state index contributed by atoms with van der Waals surface area (Å²) in [5.74, 6) is 0.0757. The molecule has 3 nitrogen and oxygen atoms in total. The minimum atomic E-state index is 0.0757. The van der Waals surface area contributed by atoms with Crippen LogP contribution in [0.1, 0.15) is 10.5 Å². The maximum absolute atomic E-state index is 10.6. The average Bonchev–Trinajstić information content (AvgIpc) is 2.31. The first kappa shape index (κ1) is 9.40. The molecule has 0 atom stereocenters. The van der Waals surface area contributed by atoms with Gasteiger partial charge >= 0.3 is 0 Å². The second-order valence-corrected chi connectivity index (χ2v) is 3.11. The fraction of sp³-hybridized carbons (Fsp3) is 0. The summed E-state index contributed by atoms with van der Waals surface area (Å²) >= 11 is 0. The number of aromatic nitrogens is 1. The van der Waals surface area contributed by atoms with E-state index in [2.05, 4.69) is 4.98 Å². The van der Waals surface area contributed by atoms with Crippen molar-refractivity contribution < 1.29 is 9.90 Å². The molecular formula is C12H9NO2. The van der Waals surface area contributed by atoms with E-state index in [9.17, 15) is 9.90 Å². The summed E-state index contributed by atoms with van der Waals surface area (Å²) in [6, 6.07) is 10.9. The highest BCUT2D eigenvalue weighted by Crippen LogP contribution is 2.28. The van der Waals surface area contributed by atoms with Gasteiger partial charge in [-0.25, -0.2) is 4.98 Å². The lowest BCUT2D eigenvalue weighted by Crippen LogP contribution is -1.88. The topological polar surface area (TPSA) is 50.2 Å². The molecule has 1 heterocycles. The molecule has 0 aliphatic rings. The van der Waals surface area contributed by atoms with E-state index in [1.807, 2.05) is 30.3 Å². The van der Waals surface area contributed by atoms with Crippen molar-refractivity contribution in [3.63, 3.8) is 0 Å². The SMILES string of the molecule is O=Cc1cc(-c2ccccc2)c(O)cn1. The summed E-state index contributed by atoms with van der Waals surface area (Å²) in [6.07, 6.45) is 1.94. The number of nitrogens with zero attached hydrogens (tertiary/aromatic N) is 1. The summed E-state index contributed by atoms with van der Waals surface area (Å²) in [4.78, 5) is 14.3. The zero-order valence-corrected chi connectivity index (χ0v) is 7.92. The van der Waals surface area contributed by atoms with Crippen LogP contribution in [0.5, 0.6) is 5.75 Å². The lowest BCUT2D eigenvalue weighted by molar-refractivity contribution is 0.111. The molecule has 1 aromatic carbocycles. The number of rotatable bonds is 2. The van der Waals surface area contributed by atoms with Gasteiger partial charge in [-0.2, -0.15) is 0 Å². The second-order valence-electron chi connectivity index (χ2n) is 3.11. The fourth-order valence-electron chi connectivity index (χ4n) is 1.38. The van der Waals surface area contributed by atoms with Crippen LogP contribution in [0.15, 0.2) is 42.6 Å². The molecular weight excluding hydrogens is 190 g/mol. The standard InChI is InChI=1S/C12H9NO2/c14-8-10-6-11(12(15)7-13-10)9-4-2-1-3-5-9/h1-8,15H. The Morgan fingerprint density at radius 1 is 1.20 bits per heavy atom. The Morgan fingerprint density at radius 3 is 2.60 bits per heavy atom. The van der Waals surface area contributed by atoms with Crippen molar-refractivity contribution in [3.8, 4) is 16.9 Å². The summed E-state index contributed by atoms with van der Waals surface area (Å²) in [6.45, 7) is 0. The van der Waals surface area contributed by atoms with Crippen LogP contribution in [0.2, 0.25) is 0 Å². The monoisotopic (exact) mass is 199 g/mol. The number of carbonyl (C=O) groups is 1. The van der Waals surface area contributed by atoms with Gasteiger partial charge in [-0.3, -0.25) is 4.79 Å². The van der Waals surface area contributed by atoms with Gasteiger partial charge in [0.05, 0.1) is 6.20 Å². The van der Waals surface area contributed by atoms with Crippen molar-refractivity contribution in [2.45, 2.75) is 0 Å². The highest BCUT2D eigenvalue weighted by molar-refractivity contribution is 5.78. The number of hydrogen-bond acceptors (Lipinski definition) is 3. The molecule has 0 unspecified atom stereocenters. The van der Waals surface area contributed by atoms with Gasteiger partial charge in [-0.05, 0) is 11.6 Å². The predicted molar refractivity (Wildman–Crippen MR) is 56.7 cm³/mol. The van der Waals surface area contributed by atoms with Gasteiger partial charge in [0.15, 0.2) is 6.29 Å². The van der Waals surface area contributed by atoms with Crippen molar-refractivity contribution in [1.82, 2.24) is 4.98 Å². The molecule has 2 aromatic rings. The zero-order valence-electron chi connectivity index (χ0n) is 7.92. The maximum atomic E-state index is 10.6. The third kappa shape index (κ3) is 1.86. The summed E-state index contributed by atoms with van der Waals surface area (Å²) in [7, 11) is 0. The van der Waals surface area contributed by atoms with Crippen LogP contribution in [-0.4, -0.2) is 16.4 Å². The Kier molecular flexibility index (Phi) is 2.46. The average molecular weight is 199 g/mol. The van der Waals surface area contributed by atoms with E-state index < -0.39 is 0 Å². The number of pyridine rings is 1. The molecule has 15 heavy (non-hydrogen) atoms. The molecule has 1 N–H and O–H groups in total. The third-order valence-corrected chi connectivity index (χ3v) is 2.11. The van der Waals surface area contributed by atoms with Crippen LogP contribution in [0, 0.1) is 0 Å². The van der Waals surface area contributed by atoms with Crippen molar-refractivity contribution >= 4 is 6.29 Å². The molecule has 0 bridgehead atoms. The van der Waals surface area contributed by atoms with Gasteiger partial charge in [0, 0.05) is 5.56 Å². The maximum Gasteiger partial charge on any atom is 0.168 e. The number of carbonyl (C=O) groups excluding carboxylic acids is 1. The van der Waals surface area contributed by atoms with E-state index >= 15 is 0 Å². The number of aromatic hydroxyl groups is 1. The quantitative estimate of drug-likeness (QED) is 0.755. The molecule has 0 aliphatic carbocycles. The normalized spacial score (nSPS) is 9.87. The van der Waals surface area contributed by atoms with E-state index in [-0.39, 0.29) is 5.75 Å². The van der Waals surface area contributed by atoms with Gasteiger partial charge in [0.25, 0.3) is 0 Å². The molecule has 2 rings (SSSR count). The largest absolute Gasteiger partial charge is 0.506 e. The lowest BCUT2D eigenvalue weighted by atomic mass is 10.1. The minimum Gasteiger partial charge on any atom is -0.506 e. The Balaban J connectivity index is 2.57. The molecule has 3 heteroatoms. The number of aldehydes is 1. The van der Waals surface area contributed by atoms with Crippen molar-refractivity contribution in [1.29, 1.82) is 0 Å². The molecule has 0 saturated carbocycles. The highest BCUT2D eigenvalue weighted by Gasteiger charge is 2.05. The van der Waals surface area contributed by atoms with Gasteiger partial charge in [-0.1, -0.05) is 30.3 Å². The van der Waals surface area contributed by atoms with E-state index in [1.54, 1.807) is 6.07 Å². The molecule has 0 spiro atoms. The first-order chi connectivity index (χ1) is 7.31. The third-order valence-electron chi connectivity index (χ3n) is 2.11. The lowest BCUT2D eigenvalue weighted by Gasteiger charge is -2.04. The Bertz CT molecular complexity index is 480. The molecule has 0 fully saturated rings. The van der Waals surface area contributed by atoms with Crippen molar-refractivity contribution in [2.24, 2.45) is 0 Å². The second kappa shape index (κ2) is 3.92. The Labute approximate surface area is 87.0 Å². The van der Waals surface area contributed by atoms with Gasteiger partial charge in [0.2, 0.25) is 0 Å². The highest BCUT2D eigenvalue weighted by atomic mass is 16.3. The number of benzene rings is 1. The summed E-state index contributed by atoms with van der Waals surface area (Å²) in [5.41, 5.74) is 1.79. The summed E-state index contributed by atoms with van der Waals surface area (Å²) in [5, 5.41) is 9.61. The van der Waals surface area contributed by atoms with Gasteiger partial charge < -0.3 is 5.11 Å². The minimum absolute atomic E-state index is 0.0757. The molecule has 0 saturated heterocycles. The van der Waals surface area contributed by atoms with Crippen LogP contribution in [0.4, 0.5) is 0 Å². The van der Waals surface area contributed by atoms with E-state index in [0.717, 1.165) is 5.56 Å². The van der Waals surface area contributed by atoms with Crippen molar-refractivity contribution in [2.75, 3.05) is 0 Å². The molecule has 1 aromatic heterocycles. The predicted octanol–water partition coefficient (Wildman–Crippen LogP) is 2.27. The molecule has 74 valence electrons. The summed E-state index contributed by atoms with van der Waals surface area (Å²) < 4.78 is 0. The first-order valence-electron chi connectivity index (χ1n) is 4.51. The van der Waals surface area contributed by atoms with Crippen LogP contribution in [0.3, 0.4) is 0 Å². The van der Waals surface area contributed by atoms with Crippen LogP contribution < -0.4 is 0 Å². The Morgan fingerprint density at radius 2 is 1.93 bits per heavy atom. The Hall–Kier alpha value is -2.16. The molecule has 0 amide bonds. The van der Waals surface area contributed by atoms with Crippen molar-refractivity contribution in [3.05, 3.63) is 48.3 Å². The zero-order chi connectivity index (χ0) is 10.7. The molecule has 0 radical (unpaired) electrons. The van der Waals surface area contributed by atoms with Gasteiger partial charge in [0.1, 0.15) is 11.4 Å². The molecule has 0 aliphatic heterocycles. The van der Waals surface area contributed by atoms with Crippen LogP contribution in [0.25, 0.3) is 11.1 Å². The van der Waals surface area contributed by atoms with E-state index in [4.69, 9.17) is 0 Å².